The van der Waals surface area contributed by atoms with E-state index >= 15 is 0 Å². The van der Waals surface area contributed by atoms with Crippen LogP contribution in [0, 0.1) is 0 Å². The Balaban J connectivity index is 2.02. The average Bonchev–Trinajstić information content (AvgIpc) is 2.72. The zero-order valence-corrected chi connectivity index (χ0v) is 17.3. The van der Waals surface area contributed by atoms with Crippen LogP contribution in [0.1, 0.15) is 23.7 Å². The summed E-state index contributed by atoms with van der Waals surface area (Å²) >= 11 is 0. The van der Waals surface area contributed by atoms with Crippen molar-refractivity contribution >= 4 is 24.5 Å². The number of fused-ring (bicyclic) bond motifs is 1. The van der Waals surface area contributed by atoms with E-state index in [1.54, 1.807) is 25.1 Å². The number of allylic oxidation sites excluding steroid dienone is 1. The van der Waals surface area contributed by atoms with Crippen molar-refractivity contribution in [3.8, 4) is 5.75 Å². The normalized spacial score (nSPS) is 13.9. The van der Waals surface area contributed by atoms with Crippen LogP contribution in [0.5, 0.6) is 5.75 Å². The van der Waals surface area contributed by atoms with Gasteiger partial charge >= 0.3 is 19.2 Å². The van der Waals surface area contributed by atoms with Crippen molar-refractivity contribution in [1.82, 2.24) is 0 Å². The number of carbonyl (C=O) groups is 1. The zero-order chi connectivity index (χ0) is 21.4. The van der Waals surface area contributed by atoms with Gasteiger partial charge in [0.2, 0.25) is 6.79 Å². The molecule has 2 aromatic rings. The molecule has 0 aliphatic heterocycles. The number of aliphatic hydroxyl groups excluding tert-OH is 1. The molecule has 158 valence electrons. The molecule has 0 aliphatic rings. The minimum atomic E-state index is -3.49. The SMILES string of the molecule is COc1ccc2cc(C(=O)OCOP(=O)(CC/C=C(\C)CO)OC)c(=O)oc2c1. The first-order valence-electron chi connectivity index (χ1n) is 8.66. The first-order chi connectivity index (χ1) is 13.8. The molecule has 10 heteroatoms. The zero-order valence-electron chi connectivity index (χ0n) is 16.4. The molecule has 1 N–H and O–H groups in total. The smallest absolute Gasteiger partial charge is 0.351 e. The van der Waals surface area contributed by atoms with Crippen molar-refractivity contribution in [3.63, 3.8) is 0 Å². The van der Waals surface area contributed by atoms with Gasteiger partial charge in [0, 0.05) is 18.6 Å². The number of ether oxygens (including phenoxy) is 2. The summed E-state index contributed by atoms with van der Waals surface area (Å²) in [7, 11) is -0.794. The maximum absolute atomic E-state index is 12.5. The Morgan fingerprint density at radius 3 is 2.69 bits per heavy atom. The van der Waals surface area contributed by atoms with Crippen molar-refractivity contribution in [1.29, 1.82) is 0 Å². The van der Waals surface area contributed by atoms with E-state index in [2.05, 4.69) is 0 Å². The van der Waals surface area contributed by atoms with Gasteiger partial charge in [-0.05, 0) is 31.5 Å². The molecule has 1 aromatic heterocycles. The molecule has 0 spiro atoms. The first-order valence-corrected chi connectivity index (χ1v) is 10.4. The Bertz CT molecular complexity index is 993. The lowest BCUT2D eigenvalue weighted by Gasteiger charge is -2.15. The molecular weight excluding hydrogens is 403 g/mol. The molecule has 0 fully saturated rings. The van der Waals surface area contributed by atoms with Gasteiger partial charge in [0.1, 0.15) is 16.9 Å². The standard InChI is InChI=1S/C19H23O9P/c1-13(11-20)5-4-8-29(23,25-3)27-12-26-18(21)16-9-14-6-7-15(24-2)10-17(14)28-19(16)22/h5-7,9-10,20H,4,8,11-12H2,1-3H3/b13-5+. The van der Waals surface area contributed by atoms with Crippen LogP contribution in [0.25, 0.3) is 11.0 Å². The van der Waals surface area contributed by atoms with Gasteiger partial charge in [-0.25, -0.2) is 9.59 Å². The summed E-state index contributed by atoms with van der Waals surface area (Å²) in [5.74, 6) is -0.473. The lowest BCUT2D eigenvalue weighted by atomic mass is 10.2. The molecule has 9 nitrogen and oxygen atoms in total. The van der Waals surface area contributed by atoms with Crippen molar-refractivity contribution in [2.45, 2.75) is 13.3 Å². The van der Waals surface area contributed by atoms with E-state index in [1.165, 1.54) is 26.4 Å². The number of carbonyl (C=O) groups excluding carboxylic acids is 1. The highest BCUT2D eigenvalue weighted by Gasteiger charge is 2.24. The van der Waals surface area contributed by atoms with Gasteiger partial charge in [-0.2, -0.15) is 0 Å². The van der Waals surface area contributed by atoms with E-state index in [0.29, 0.717) is 17.6 Å². The molecule has 2 rings (SSSR count). The van der Waals surface area contributed by atoms with Crippen LogP contribution >= 0.6 is 7.60 Å². The van der Waals surface area contributed by atoms with Crippen LogP contribution in [-0.4, -0.2) is 44.9 Å². The molecule has 0 radical (unpaired) electrons. The quantitative estimate of drug-likeness (QED) is 0.201. The third-order valence-corrected chi connectivity index (χ3v) is 5.89. The highest BCUT2D eigenvalue weighted by atomic mass is 31.2. The number of aliphatic hydroxyl groups is 1. The molecule has 1 heterocycles. The Kier molecular flexibility index (Phi) is 8.16. The second-order valence-electron chi connectivity index (χ2n) is 6.04. The highest BCUT2D eigenvalue weighted by molar-refractivity contribution is 7.53. The van der Waals surface area contributed by atoms with Crippen molar-refractivity contribution in [2.75, 3.05) is 33.8 Å². The molecule has 1 atom stereocenters. The van der Waals surface area contributed by atoms with Crippen LogP contribution in [0.3, 0.4) is 0 Å². The number of esters is 1. The fraction of sp³-hybridized carbons (Fsp3) is 0.368. The Labute approximate surface area is 167 Å². The fourth-order valence-corrected chi connectivity index (χ4v) is 3.42. The number of hydrogen-bond acceptors (Lipinski definition) is 9. The second kappa shape index (κ2) is 10.4. The van der Waals surface area contributed by atoms with Gasteiger partial charge < -0.3 is 23.5 Å². The molecule has 0 amide bonds. The van der Waals surface area contributed by atoms with Crippen LogP contribution in [0.4, 0.5) is 0 Å². The number of benzene rings is 1. The van der Waals surface area contributed by atoms with E-state index in [1.807, 2.05) is 0 Å². The van der Waals surface area contributed by atoms with E-state index in [9.17, 15) is 14.2 Å². The van der Waals surface area contributed by atoms with Gasteiger partial charge in [-0.3, -0.25) is 9.09 Å². The summed E-state index contributed by atoms with van der Waals surface area (Å²) in [5.41, 5.74) is -0.215. The summed E-state index contributed by atoms with van der Waals surface area (Å²) in [4.78, 5) is 24.3. The maximum atomic E-state index is 12.5. The Morgan fingerprint density at radius 2 is 2.03 bits per heavy atom. The second-order valence-corrected chi connectivity index (χ2v) is 8.34. The largest absolute Gasteiger partial charge is 0.497 e. The van der Waals surface area contributed by atoms with E-state index in [-0.39, 0.29) is 23.9 Å². The van der Waals surface area contributed by atoms with Gasteiger partial charge in [-0.1, -0.05) is 11.6 Å². The summed E-state index contributed by atoms with van der Waals surface area (Å²) in [6.45, 7) is 0.967. The third-order valence-electron chi connectivity index (χ3n) is 4.03. The molecule has 0 saturated heterocycles. The lowest BCUT2D eigenvalue weighted by Crippen LogP contribution is -2.17. The maximum Gasteiger partial charge on any atom is 0.351 e. The minimum absolute atomic E-state index is 0.0400. The van der Waals surface area contributed by atoms with E-state index < -0.39 is 26.0 Å². The number of rotatable bonds is 10. The van der Waals surface area contributed by atoms with Crippen LogP contribution < -0.4 is 10.4 Å². The van der Waals surface area contributed by atoms with Gasteiger partial charge in [0.05, 0.1) is 19.9 Å². The molecule has 1 unspecified atom stereocenters. The van der Waals surface area contributed by atoms with Crippen LogP contribution in [0.2, 0.25) is 0 Å². The van der Waals surface area contributed by atoms with Crippen LogP contribution in [0.15, 0.2) is 45.1 Å². The lowest BCUT2D eigenvalue weighted by molar-refractivity contribution is 0.0110. The first kappa shape index (κ1) is 22.8. The summed E-state index contributed by atoms with van der Waals surface area (Å²) in [6, 6.07) is 6.14. The average molecular weight is 426 g/mol. The van der Waals surface area contributed by atoms with Gasteiger partial charge in [0.25, 0.3) is 0 Å². The molecule has 29 heavy (non-hydrogen) atoms. The Morgan fingerprint density at radius 1 is 1.28 bits per heavy atom. The molecular formula is C19H23O9P. The van der Waals surface area contributed by atoms with Gasteiger partial charge in [-0.15, -0.1) is 0 Å². The molecule has 0 aliphatic carbocycles. The highest BCUT2D eigenvalue weighted by Crippen LogP contribution is 2.47. The topological polar surface area (TPSA) is 122 Å². The van der Waals surface area contributed by atoms with E-state index in [4.69, 9.17) is 28.0 Å². The van der Waals surface area contributed by atoms with Crippen molar-refractivity contribution < 1.29 is 37.4 Å². The van der Waals surface area contributed by atoms with Crippen molar-refractivity contribution in [2.24, 2.45) is 0 Å². The summed E-state index contributed by atoms with van der Waals surface area (Å²) in [5, 5.41) is 9.46. The van der Waals surface area contributed by atoms with Crippen molar-refractivity contribution in [3.05, 3.63) is 51.9 Å². The Hall–Kier alpha value is -2.45. The predicted octanol–water partition coefficient (Wildman–Crippen LogP) is 3.10. The number of hydrogen-bond donors (Lipinski definition) is 1. The van der Waals surface area contributed by atoms with E-state index in [0.717, 1.165) is 5.57 Å². The molecule has 1 aromatic carbocycles. The van der Waals surface area contributed by atoms with Gasteiger partial charge in [0.15, 0.2) is 0 Å². The monoisotopic (exact) mass is 426 g/mol. The fourth-order valence-electron chi connectivity index (χ4n) is 2.34. The third kappa shape index (κ3) is 6.27. The minimum Gasteiger partial charge on any atom is -0.497 e. The summed E-state index contributed by atoms with van der Waals surface area (Å²) < 4.78 is 37.5. The predicted molar refractivity (Wildman–Crippen MR) is 105 cm³/mol. The van der Waals surface area contributed by atoms with Crippen LogP contribution in [-0.2, 0) is 18.3 Å². The molecule has 0 saturated carbocycles. The molecule has 0 bridgehead atoms. The summed E-state index contributed by atoms with van der Waals surface area (Å²) in [6.07, 6.45) is 2.10. The number of methoxy groups -OCH3 is 1.